The maximum absolute atomic E-state index is 13.3. The van der Waals surface area contributed by atoms with Crippen LogP contribution in [0.3, 0.4) is 0 Å². The van der Waals surface area contributed by atoms with Crippen LogP contribution in [0.15, 0.2) is 70.5 Å². The van der Waals surface area contributed by atoms with E-state index in [1.807, 2.05) is 24.3 Å². The zero-order valence-electron chi connectivity index (χ0n) is 20.1. The first kappa shape index (κ1) is 27.8. The summed E-state index contributed by atoms with van der Waals surface area (Å²) in [5.41, 5.74) is 0.994. The van der Waals surface area contributed by atoms with Gasteiger partial charge in [0.25, 0.3) is 0 Å². The second-order valence-corrected chi connectivity index (χ2v) is 11.7. The van der Waals surface area contributed by atoms with Gasteiger partial charge in [-0.1, -0.05) is 46.9 Å². The molecule has 1 unspecified atom stereocenters. The van der Waals surface area contributed by atoms with Crippen molar-refractivity contribution in [2.75, 3.05) is 51.3 Å². The van der Waals surface area contributed by atoms with E-state index >= 15 is 0 Å². The number of β-amino-alcohol motifs (C(OH)–C–C–N with tert-alkyl or cyclic N) is 1. The van der Waals surface area contributed by atoms with Crippen molar-refractivity contribution in [3.05, 3.63) is 75.7 Å². The van der Waals surface area contributed by atoms with Gasteiger partial charge in [0.1, 0.15) is 28.4 Å². The number of sulfone groups is 1. The number of aliphatic hydroxyl groups excluding tert-OH is 1. The first-order valence-electron chi connectivity index (χ1n) is 11.6. The van der Waals surface area contributed by atoms with Crippen LogP contribution in [0.1, 0.15) is 0 Å². The van der Waals surface area contributed by atoms with Gasteiger partial charge in [-0.05, 0) is 48.5 Å². The minimum Gasteiger partial charge on any atom is -0.497 e. The van der Waals surface area contributed by atoms with Crippen LogP contribution in [0.4, 0.5) is 5.69 Å². The minimum absolute atomic E-state index is 0.0307. The summed E-state index contributed by atoms with van der Waals surface area (Å²) < 4.78 is 37.6. The average Bonchev–Trinajstić information content (AvgIpc) is 2.90. The van der Waals surface area contributed by atoms with E-state index in [1.54, 1.807) is 12.1 Å². The molecule has 0 spiro atoms. The van der Waals surface area contributed by atoms with Gasteiger partial charge in [-0.25, -0.2) is 8.42 Å². The molecule has 37 heavy (non-hydrogen) atoms. The summed E-state index contributed by atoms with van der Waals surface area (Å²) in [5.74, 6) is 0.438. The number of benzene rings is 3. The topological polar surface area (TPSA) is 79.3 Å². The lowest BCUT2D eigenvalue weighted by atomic mass is 10.2. The molecule has 4 rings (SSSR count). The number of hydrogen-bond acceptors (Lipinski definition) is 7. The minimum atomic E-state index is -3.98. The zero-order valence-corrected chi connectivity index (χ0v) is 23.2. The van der Waals surface area contributed by atoms with E-state index in [2.05, 4.69) is 9.80 Å². The third kappa shape index (κ3) is 6.45. The summed E-state index contributed by atoms with van der Waals surface area (Å²) in [5, 5.41) is 11.5. The van der Waals surface area contributed by atoms with E-state index in [0.29, 0.717) is 17.3 Å². The molecule has 1 saturated heterocycles. The van der Waals surface area contributed by atoms with Crippen molar-refractivity contribution in [3.8, 4) is 11.5 Å². The normalized spacial score (nSPS) is 15.4. The number of rotatable bonds is 9. The summed E-state index contributed by atoms with van der Waals surface area (Å²) in [6.07, 6.45) is -0.876. The second kappa shape index (κ2) is 12.1. The zero-order chi connectivity index (χ0) is 26.6. The SMILES string of the molecule is COc1ccc(S(=O)(=O)c2ccc(Cl)c(Cl)c2OCC(O)CN2CCN(c3ccccc3Cl)CC2)cc1. The number of piperazine rings is 1. The van der Waals surface area contributed by atoms with Crippen LogP contribution >= 0.6 is 34.8 Å². The Morgan fingerprint density at radius 2 is 1.59 bits per heavy atom. The number of hydrogen-bond donors (Lipinski definition) is 1. The molecular formula is C26H27Cl3N2O5S. The standard InChI is InChI=1S/C26H27Cl3N2O5S/c1-35-19-6-8-20(9-7-19)37(33,34)24-11-10-22(28)25(29)26(24)36-17-18(32)16-30-12-14-31(15-13-30)23-5-3-2-4-21(23)27/h2-11,18,32H,12-17H2,1H3. The van der Waals surface area contributed by atoms with E-state index in [0.717, 1.165) is 31.9 Å². The van der Waals surface area contributed by atoms with Gasteiger partial charge in [-0.15, -0.1) is 0 Å². The predicted octanol–water partition coefficient (Wildman–Crippen LogP) is 5.05. The van der Waals surface area contributed by atoms with Gasteiger partial charge in [0.2, 0.25) is 9.84 Å². The number of anilines is 1. The van der Waals surface area contributed by atoms with Crippen molar-refractivity contribution in [2.24, 2.45) is 0 Å². The first-order chi connectivity index (χ1) is 17.7. The van der Waals surface area contributed by atoms with Crippen LogP contribution in [-0.2, 0) is 9.84 Å². The van der Waals surface area contributed by atoms with Crippen molar-refractivity contribution in [3.63, 3.8) is 0 Å². The highest BCUT2D eigenvalue weighted by Crippen LogP contribution is 2.40. The van der Waals surface area contributed by atoms with Crippen LogP contribution < -0.4 is 14.4 Å². The fraction of sp³-hybridized carbons (Fsp3) is 0.308. The van der Waals surface area contributed by atoms with E-state index in [1.165, 1.54) is 31.4 Å². The molecule has 7 nitrogen and oxygen atoms in total. The average molecular weight is 586 g/mol. The molecule has 1 atom stereocenters. The number of nitrogens with zero attached hydrogens (tertiary/aromatic N) is 2. The molecule has 1 fully saturated rings. The van der Waals surface area contributed by atoms with Gasteiger partial charge in [0, 0.05) is 32.7 Å². The number of aliphatic hydroxyl groups is 1. The highest BCUT2D eigenvalue weighted by Gasteiger charge is 2.27. The number of para-hydroxylation sites is 1. The first-order valence-corrected chi connectivity index (χ1v) is 14.2. The highest BCUT2D eigenvalue weighted by molar-refractivity contribution is 7.91. The Bertz CT molecular complexity index is 1330. The van der Waals surface area contributed by atoms with Crippen LogP contribution in [0.2, 0.25) is 15.1 Å². The lowest BCUT2D eigenvalue weighted by molar-refractivity contribution is 0.0653. The number of methoxy groups -OCH3 is 1. The Hall–Kier alpha value is -2.20. The monoisotopic (exact) mass is 584 g/mol. The van der Waals surface area contributed by atoms with Gasteiger partial charge in [-0.2, -0.15) is 0 Å². The Morgan fingerprint density at radius 1 is 0.919 bits per heavy atom. The van der Waals surface area contributed by atoms with Crippen molar-refractivity contribution in [2.45, 2.75) is 15.9 Å². The van der Waals surface area contributed by atoms with Gasteiger partial charge in [0.15, 0.2) is 5.75 Å². The molecule has 0 saturated carbocycles. The van der Waals surface area contributed by atoms with Crippen LogP contribution in [0, 0.1) is 0 Å². The fourth-order valence-corrected chi connectivity index (χ4v) is 6.23. The van der Waals surface area contributed by atoms with Gasteiger partial charge in [-0.3, -0.25) is 4.90 Å². The number of ether oxygens (including phenoxy) is 2. The lowest BCUT2D eigenvalue weighted by Gasteiger charge is -2.37. The Kier molecular flexibility index (Phi) is 9.11. The molecule has 198 valence electrons. The molecule has 1 heterocycles. The smallest absolute Gasteiger partial charge is 0.210 e. The molecule has 0 aliphatic carbocycles. The quantitative estimate of drug-likeness (QED) is 0.377. The largest absolute Gasteiger partial charge is 0.497 e. The van der Waals surface area contributed by atoms with Gasteiger partial charge < -0.3 is 19.5 Å². The van der Waals surface area contributed by atoms with Crippen LogP contribution in [0.5, 0.6) is 11.5 Å². The summed E-state index contributed by atoms with van der Waals surface area (Å²) in [6, 6.07) is 16.5. The van der Waals surface area contributed by atoms with Crippen molar-refractivity contribution < 1.29 is 23.0 Å². The molecule has 11 heteroatoms. The molecule has 0 radical (unpaired) electrons. The summed E-state index contributed by atoms with van der Waals surface area (Å²) >= 11 is 18.8. The molecule has 0 aromatic heterocycles. The van der Waals surface area contributed by atoms with E-state index in [-0.39, 0.29) is 32.2 Å². The van der Waals surface area contributed by atoms with Crippen molar-refractivity contribution in [1.82, 2.24) is 4.90 Å². The van der Waals surface area contributed by atoms with Crippen molar-refractivity contribution >= 4 is 50.3 Å². The third-order valence-electron chi connectivity index (χ3n) is 6.13. The molecule has 0 bridgehead atoms. The van der Waals surface area contributed by atoms with Gasteiger partial charge in [0.05, 0.1) is 27.7 Å². The van der Waals surface area contributed by atoms with Crippen molar-refractivity contribution in [1.29, 1.82) is 0 Å². The van der Waals surface area contributed by atoms with Gasteiger partial charge >= 0.3 is 0 Å². The Labute approximate surface area is 232 Å². The summed E-state index contributed by atoms with van der Waals surface area (Å²) in [4.78, 5) is 4.25. The second-order valence-electron chi connectivity index (χ2n) is 8.57. The van der Waals surface area contributed by atoms with Crippen LogP contribution in [0.25, 0.3) is 0 Å². The molecular weight excluding hydrogens is 559 g/mol. The number of halogens is 3. The predicted molar refractivity (Wildman–Crippen MR) is 147 cm³/mol. The van der Waals surface area contributed by atoms with E-state index < -0.39 is 15.9 Å². The fourth-order valence-electron chi connectivity index (χ4n) is 4.15. The Balaban J connectivity index is 1.41. The summed E-state index contributed by atoms with van der Waals surface area (Å²) in [6.45, 7) is 3.20. The molecule has 3 aromatic rings. The maximum Gasteiger partial charge on any atom is 0.210 e. The van der Waals surface area contributed by atoms with Crippen LogP contribution in [-0.4, -0.2) is 71.0 Å². The molecule has 1 aliphatic heterocycles. The summed E-state index contributed by atoms with van der Waals surface area (Å²) in [7, 11) is -2.48. The maximum atomic E-state index is 13.3. The molecule has 3 aromatic carbocycles. The highest BCUT2D eigenvalue weighted by atomic mass is 35.5. The molecule has 1 aliphatic rings. The third-order valence-corrected chi connectivity index (χ3v) is 9.03. The molecule has 0 amide bonds. The Morgan fingerprint density at radius 3 is 2.24 bits per heavy atom. The lowest BCUT2D eigenvalue weighted by Crippen LogP contribution is -2.49. The molecule has 1 N–H and O–H groups in total. The van der Waals surface area contributed by atoms with E-state index in [9.17, 15) is 13.5 Å². The van der Waals surface area contributed by atoms with E-state index in [4.69, 9.17) is 44.3 Å².